The first-order valence-corrected chi connectivity index (χ1v) is 10.8. The standard InChI is InChI=1S/C21H37N5O2/c1-15(19-22-14-25(5)24-19)23-18-8-6-16(7-9-18)17-10-12-26(13-11-17)20(27)28-21(2,3)4/h14-18,23H,6-13H2,1-5H3. The zero-order valence-corrected chi connectivity index (χ0v) is 18.1. The number of amides is 1. The lowest BCUT2D eigenvalue weighted by Crippen LogP contribution is -2.44. The third-order valence-corrected chi connectivity index (χ3v) is 6.12. The van der Waals surface area contributed by atoms with E-state index in [0.29, 0.717) is 6.04 Å². The third-order valence-electron chi connectivity index (χ3n) is 6.12. The second-order valence-corrected chi connectivity index (χ2v) is 9.58. The molecule has 2 aliphatic rings. The Bertz CT molecular complexity index is 637. The third kappa shape index (κ3) is 5.69. The summed E-state index contributed by atoms with van der Waals surface area (Å²) in [5.41, 5.74) is -0.415. The van der Waals surface area contributed by atoms with E-state index in [0.717, 1.165) is 43.6 Å². The van der Waals surface area contributed by atoms with Crippen molar-refractivity contribution in [3.63, 3.8) is 0 Å². The predicted molar refractivity (Wildman–Crippen MR) is 109 cm³/mol. The number of rotatable bonds is 4. The highest BCUT2D eigenvalue weighted by Gasteiger charge is 2.33. The van der Waals surface area contributed by atoms with Gasteiger partial charge in [0.2, 0.25) is 0 Å². The molecule has 0 bridgehead atoms. The molecule has 0 spiro atoms. The Morgan fingerprint density at radius 2 is 1.75 bits per heavy atom. The van der Waals surface area contributed by atoms with Crippen molar-refractivity contribution in [3.05, 3.63) is 12.2 Å². The van der Waals surface area contributed by atoms with Crippen LogP contribution in [0.3, 0.4) is 0 Å². The molecule has 1 saturated carbocycles. The van der Waals surface area contributed by atoms with E-state index < -0.39 is 5.60 Å². The highest BCUT2D eigenvalue weighted by atomic mass is 16.6. The molecule has 1 N–H and O–H groups in total. The average molecular weight is 392 g/mol. The zero-order chi connectivity index (χ0) is 20.3. The Morgan fingerprint density at radius 1 is 1.14 bits per heavy atom. The molecule has 1 aromatic heterocycles. The summed E-state index contributed by atoms with van der Waals surface area (Å²) in [4.78, 5) is 18.5. The predicted octanol–water partition coefficient (Wildman–Crippen LogP) is 3.67. The van der Waals surface area contributed by atoms with Gasteiger partial charge in [-0.2, -0.15) is 5.10 Å². The zero-order valence-electron chi connectivity index (χ0n) is 18.1. The number of nitrogens with zero attached hydrogens (tertiary/aromatic N) is 4. The topological polar surface area (TPSA) is 72.3 Å². The van der Waals surface area contributed by atoms with Crippen LogP contribution in [0.15, 0.2) is 6.33 Å². The maximum atomic E-state index is 12.2. The van der Waals surface area contributed by atoms with Gasteiger partial charge < -0.3 is 15.0 Å². The van der Waals surface area contributed by atoms with Crippen LogP contribution < -0.4 is 5.32 Å². The van der Waals surface area contributed by atoms with E-state index in [9.17, 15) is 4.79 Å². The van der Waals surface area contributed by atoms with Gasteiger partial charge in [-0.25, -0.2) is 9.78 Å². The number of carbonyl (C=O) groups is 1. The molecular formula is C21H37N5O2. The van der Waals surface area contributed by atoms with Crippen LogP contribution in [0, 0.1) is 11.8 Å². The van der Waals surface area contributed by atoms with Crippen molar-refractivity contribution in [2.45, 2.75) is 83.9 Å². The number of hydrogen-bond donors (Lipinski definition) is 1. The minimum Gasteiger partial charge on any atom is -0.444 e. The van der Waals surface area contributed by atoms with E-state index in [1.807, 2.05) is 32.7 Å². The largest absolute Gasteiger partial charge is 0.444 e. The van der Waals surface area contributed by atoms with E-state index in [2.05, 4.69) is 22.3 Å². The monoisotopic (exact) mass is 391 g/mol. The molecule has 1 unspecified atom stereocenters. The van der Waals surface area contributed by atoms with Gasteiger partial charge >= 0.3 is 6.09 Å². The summed E-state index contributed by atoms with van der Waals surface area (Å²) < 4.78 is 7.27. The van der Waals surface area contributed by atoms with E-state index in [4.69, 9.17) is 4.74 Å². The highest BCUT2D eigenvalue weighted by Crippen LogP contribution is 2.36. The molecule has 1 aromatic rings. The van der Waals surface area contributed by atoms with Crippen molar-refractivity contribution < 1.29 is 9.53 Å². The van der Waals surface area contributed by atoms with Crippen molar-refractivity contribution in [2.75, 3.05) is 13.1 Å². The molecular weight excluding hydrogens is 354 g/mol. The lowest BCUT2D eigenvalue weighted by Gasteiger charge is -2.39. The van der Waals surface area contributed by atoms with Gasteiger partial charge in [0.25, 0.3) is 0 Å². The van der Waals surface area contributed by atoms with Crippen LogP contribution >= 0.6 is 0 Å². The summed E-state index contributed by atoms with van der Waals surface area (Å²) in [5, 5.41) is 8.12. The molecule has 1 saturated heterocycles. The number of ether oxygens (including phenoxy) is 1. The van der Waals surface area contributed by atoms with Crippen molar-refractivity contribution in [2.24, 2.45) is 18.9 Å². The normalized spacial score (nSPS) is 25.5. The van der Waals surface area contributed by atoms with Crippen molar-refractivity contribution in [1.82, 2.24) is 25.0 Å². The molecule has 158 valence electrons. The Kier molecular flexibility index (Phi) is 6.63. The number of likely N-dealkylation sites (tertiary alicyclic amines) is 1. The lowest BCUT2D eigenvalue weighted by molar-refractivity contribution is 0.0145. The van der Waals surface area contributed by atoms with Crippen molar-refractivity contribution in [1.29, 1.82) is 0 Å². The van der Waals surface area contributed by atoms with Gasteiger partial charge in [0.1, 0.15) is 11.9 Å². The summed E-state index contributed by atoms with van der Waals surface area (Å²) in [5.74, 6) is 2.41. The Balaban J connectivity index is 1.39. The molecule has 7 nitrogen and oxygen atoms in total. The summed E-state index contributed by atoms with van der Waals surface area (Å²) >= 11 is 0. The van der Waals surface area contributed by atoms with Crippen molar-refractivity contribution in [3.8, 4) is 0 Å². The van der Waals surface area contributed by atoms with Gasteiger partial charge in [-0.05, 0) is 78.1 Å². The molecule has 3 rings (SSSR count). The molecule has 2 fully saturated rings. The molecule has 1 atom stereocenters. The summed E-state index contributed by atoms with van der Waals surface area (Å²) in [6.07, 6.45) is 8.80. The summed E-state index contributed by atoms with van der Waals surface area (Å²) in [6, 6.07) is 0.747. The first-order valence-electron chi connectivity index (χ1n) is 10.8. The van der Waals surface area contributed by atoms with Gasteiger partial charge in [-0.1, -0.05) is 0 Å². The Hall–Kier alpha value is -1.63. The van der Waals surface area contributed by atoms with Crippen molar-refractivity contribution >= 4 is 6.09 Å². The van der Waals surface area contributed by atoms with Crippen LogP contribution in [0.1, 0.15) is 78.1 Å². The van der Waals surface area contributed by atoms with Crippen LogP contribution in [0.25, 0.3) is 0 Å². The number of aryl methyl sites for hydroxylation is 1. The maximum absolute atomic E-state index is 12.2. The minimum absolute atomic E-state index is 0.157. The molecule has 1 amide bonds. The lowest BCUT2D eigenvalue weighted by atomic mass is 9.74. The molecule has 1 aliphatic heterocycles. The van der Waals surface area contributed by atoms with E-state index >= 15 is 0 Å². The van der Waals surface area contributed by atoms with E-state index in [-0.39, 0.29) is 12.1 Å². The van der Waals surface area contributed by atoms with Gasteiger partial charge in [0, 0.05) is 26.2 Å². The van der Waals surface area contributed by atoms with Gasteiger partial charge in [0.15, 0.2) is 5.82 Å². The Morgan fingerprint density at radius 3 is 2.29 bits per heavy atom. The fraction of sp³-hybridized carbons (Fsp3) is 0.857. The van der Waals surface area contributed by atoms with E-state index in [1.54, 1.807) is 11.0 Å². The second-order valence-electron chi connectivity index (χ2n) is 9.58. The van der Waals surface area contributed by atoms with E-state index in [1.165, 1.54) is 25.7 Å². The average Bonchev–Trinajstić information content (AvgIpc) is 3.08. The molecule has 1 aliphatic carbocycles. The molecule has 28 heavy (non-hydrogen) atoms. The summed E-state index contributed by atoms with van der Waals surface area (Å²) in [6.45, 7) is 9.59. The highest BCUT2D eigenvalue weighted by molar-refractivity contribution is 5.68. The first-order chi connectivity index (χ1) is 13.2. The number of carbonyl (C=O) groups excluding carboxylic acids is 1. The van der Waals surface area contributed by atoms with Crippen LogP contribution in [0.4, 0.5) is 4.79 Å². The number of piperidine rings is 1. The SMILES string of the molecule is CC(NC1CCC(C2CCN(C(=O)OC(C)(C)C)CC2)CC1)c1ncn(C)n1. The number of nitrogens with one attached hydrogen (secondary N) is 1. The number of aromatic nitrogens is 3. The van der Waals surface area contributed by atoms with Gasteiger partial charge in [-0.3, -0.25) is 4.68 Å². The fourth-order valence-corrected chi connectivity index (χ4v) is 4.62. The maximum Gasteiger partial charge on any atom is 0.410 e. The van der Waals surface area contributed by atoms with Crippen LogP contribution in [0.5, 0.6) is 0 Å². The minimum atomic E-state index is -0.415. The molecule has 0 radical (unpaired) electrons. The van der Waals surface area contributed by atoms with Crippen LogP contribution in [0.2, 0.25) is 0 Å². The summed E-state index contributed by atoms with van der Waals surface area (Å²) in [7, 11) is 1.91. The number of hydrogen-bond acceptors (Lipinski definition) is 5. The van der Waals surface area contributed by atoms with Gasteiger partial charge in [-0.15, -0.1) is 0 Å². The molecule has 7 heteroatoms. The van der Waals surface area contributed by atoms with Crippen LogP contribution in [-0.2, 0) is 11.8 Å². The van der Waals surface area contributed by atoms with Gasteiger partial charge in [0.05, 0.1) is 6.04 Å². The first kappa shape index (κ1) is 21.1. The van der Waals surface area contributed by atoms with Crippen LogP contribution in [-0.4, -0.2) is 50.5 Å². The smallest absolute Gasteiger partial charge is 0.410 e. The molecule has 2 heterocycles. The second kappa shape index (κ2) is 8.80. The quantitative estimate of drug-likeness (QED) is 0.848. The molecule has 0 aromatic carbocycles. The Labute approximate surface area is 169 Å². The fourth-order valence-electron chi connectivity index (χ4n) is 4.62.